The predicted molar refractivity (Wildman–Crippen MR) is 154 cm³/mol. The average molecular weight is 529 g/mol. The normalized spacial score (nSPS) is 20.2. The molecule has 0 saturated carbocycles. The molecule has 1 fully saturated rings. The fraction of sp³-hybridized carbons (Fsp3) is 0.200. The van der Waals surface area contributed by atoms with Crippen LogP contribution in [0.5, 0.6) is 0 Å². The summed E-state index contributed by atoms with van der Waals surface area (Å²) in [6, 6.07) is 26.1. The topological polar surface area (TPSA) is 38.7 Å². The van der Waals surface area contributed by atoms with E-state index >= 15 is 0 Å². The Morgan fingerprint density at radius 3 is 2.03 bits per heavy atom. The summed E-state index contributed by atoms with van der Waals surface area (Å²) in [5, 5.41) is 19.8. The maximum Gasteiger partial charge on any atom is 0.108 e. The molecular formula is C30H24O3S3. The Kier molecular flexibility index (Phi) is 5.69. The number of hydrogen-bond acceptors (Lipinski definition) is 6. The number of ether oxygens (including phenoxy) is 2. The van der Waals surface area contributed by atoms with Crippen LogP contribution in [-0.4, -0.2) is 31.0 Å². The molecule has 4 heterocycles. The van der Waals surface area contributed by atoms with E-state index in [4.69, 9.17) is 9.47 Å². The fourth-order valence-corrected chi connectivity index (χ4v) is 9.38. The third-order valence-electron chi connectivity index (χ3n) is 7.17. The minimum atomic E-state index is -0.286. The number of rotatable bonds is 5. The first-order chi connectivity index (χ1) is 17.8. The van der Waals surface area contributed by atoms with Crippen molar-refractivity contribution in [2.45, 2.75) is 24.7 Å². The van der Waals surface area contributed by atoms with Crippen molar-refractivity contribution in [3.8, 4) is 19.5 Å². The second-order valence-electron chi connectivity index (χ2n) is 9.15. The SMILES string of the molecule is CO[C@@H]1C[C@H](c2sc(-c3sc(-c4scc5ccccc45)c4ccccc34)c3ccccc23)O[C@@H]1CO. The third kappa shape index (κ3) is 3.48. The van der Waals surface area contributed by atoms with Gasteiger partial charge in [0.25, 0.3) is 0 Å². The van der Waals surface area contributed by atoms with Gasteiger partial charge in [0.1, 0.15) is 6.10 Å². The van der Waals surface area contributed by atoms with Crippen LogP contribution in [-0.2, 0) is 9.47 Å². The van der Waals surface area contributed by atoms with Gasteiger partial charge in [0.05, 0.1) is 38.3 Å². The standard InChI is InChI=1S/C30H24O3S3/c1-32-23-14-24(33-25(23)15-31)26-19-10-4-5-11-20(19)29(35-26)30-22-13-7-6-12-21(22)28(36-30)27-18-9-3-2-8-17(18)16-34-27/h2-13,16,23-25,31H,14-15H2,1H3/t23-,24-,25-/m1/s1. The van der Waals surface area contributed by atoms with Crippen molar-refractivity contribution in [3.63, 3.8) is 0 Å². The molecule has 1 saturated heterocycles. The predicted octanol–water partition coefficient (Wildman–Crippen LogP) is 8.50. The van der Waals surface area contributed by atoms with Crippen molar-refractivity contribution in [2.24, 2.45) is 0 Å². The molecule has 0 amide bonds. The van der Waals surface area contributed by atoms with Gasteiger partial charge in [0.2, 0.25) is 0 Å². The highest BCUT2D eigenvalue weighted by Crippen LogP contribution is 2.53. The molecule has 3 aromatic carbocycles. The lowest BCUT2D eigenvalue weighted by Gasteiger charge is -2.13. The van der Waals surface area contributed by atoms with E-state index in [0.717, 1.165) is 6.42 Å². The van der Waals surface area contributed by atoms with Crippen LogP contribution >= 0.6 is 34.0 Å². The van der Waals surface area contributed by atoms with E-state index in [0.29, 0.717) is 0 Å². The molecule has 3 nitrogen and oxygen atoms in total. The molecule has 6 aromatic rings. The minimum Gasteiger partial charge on any atom is -0.394 e. The zero-order valence-electron chi connectivity index (χ0n) is 19.6. The van der Waals surface area contributed by atoms with Crippen LogP contribution < -0.4 is 0 Å². The zero-order valence-corrected chi connectivity index (χ0v) is 22.1. The van der Waals surface area contributed by atoms with Crippen LogP contribution in [0.25, 0.3) is 51.8 Å². The monoisotopic (exact) mass is 528 g/mol. The second-order valence-corrected chi connectivity index (χ2v) is 12.1. The Balaban J connectivity index is 1.43. The smallest absolute Gasteiger partial charge is 0.108 e. The summed E-state index contributed by atoms with van der Waals surface area (Å²) < 4.78 is 11.9. The van der Waals surface area contributed by atoms with E-state index < -0.39 is 0 Å². The van der Waals surface area contributed by atoms with E-state index in [1.807, 2.05) is 34.0 Å². The summed E-state index contributed by atoms with van der Waals surface area (Å²) in [5.74, 6) is 0. The van der Waals surface area contributed by atoms with Crippen LogP contribution in [0.4, 0.5) is 0 Å². The highest BCUT2D eigenvalue weighted by atomic mass is 32.1. The lowest BCUT2D eigenvalue weighted by molar-refractivity contribution is -0.0336. The Morgan fingerprint density at radius 1 is 0.778 bits per heavy atom. The summed E-state index contributed by atoms with van der Waals surface area (Å²) >= 11 is 5.55. The molecule has 3 aromatic heterocycles. The first kappa shape index (κ1) is 22.6. The van der Waals surface area contributed by atoms with Crippen molar-refractivity contribution in [3.05, 3.63) is 83.1 Å². The summed E-state index contributed by atoms with van der Waals surface area (Å²) in [6.45, 7) is -0.0289. The van der Waals surface area contributed by atoms with Crippen LogP contribution in [0, 0.1) is 0 Å². The van der Waals surface area contributed by atoms with Crippen molar-refractivity contribution in [1.82, 2.24) is 0 Å². The minimum absolute atomic E-state index is 0.0289. The molecule has 0 spiro atoms. The molecule has 1 aliphatic rings. The van der Waals surface area contributed by atoms with Gasteiger partial charge in [0.15, 0.2) is 0 Å². The van der Waals surface area contributed by atoms with Gasteiger partial charge in [-0.2, -0.15) is 0 Å². The number of benzene rings is 3. The van der Waals surface area contributed by atoms with Gasteiger partial charge in [-0.15, -0.1) is 34.0 Å². The molecule has 0 bridgehead atoms. The molecule has 0 unspecified atom stereocenters. The first-order valence-electron chi connectivity index (χ1n) is 12.1. The number of aliphatic hydroxyl groups is 1. The molecule has 7 rings (SSSR count). The quantitative estimate of drug-likeness (QED) is 0.244. The van der Waals surface area contributed by atoms with Crippen molar-refractivity contribution >= 4 is 66.3 Å². The maximum absolute atomic E-state index is 9.82. The molecule has 1 N–H and O–H groups in total. The van der Waals surface area contributed by atoms with Gasteiger partial charge in [0, 0.05) is 40.0 Å². The van der Waals surface area contributed by atoms with Crippen LogP contribution in [0.1, 0.15) is 17.4 Å². The van der Waals surface area contributed by atoms with Gasteiger partial charge in [-0.1, -0.05) is 72.8 Å². The Bertz CT molecular complexity index is 1700. The second kappa shape index (κ2) is 9.06. The Morgan fingerprint density at radius 2 is 1.36 bits per heavy atom. The highest BCUT2D eigenvalue weighted by Gasteiger charge is 2.37. The highest BCUT2D eigenvalue weighted by molar-refractivity contribution is 7.28. The average Bonchev–Trinajstić information content (AvgIpc) is 3.70. The van der Waals surface area contributed by atoms with Crippen molar-refractivity contribution < 1.29 is 14.6 Å². The number of hydrogen-bond donors (Lipinski definition) is 1. The number of fused-ring (bicyclic) bond motifs is 3. The fourth-order valence-electron chi connectivity index (χ4n) is 5.41. The molecule has 3 atom stereocenters. The van der Waals surface area contributed by atoms with Gasteiger partial charge < -0.3 is 14.6 Å². The zero-order chi connectivity index (χ0) is 24.2. The summed E-state index contributed by atoms with van der Waals surface area (Å²) in [4.78, 5) is 6.50. The van der Waals surface area contributed by atoms with E-state index in [2.05, 4.69) is 78.2 Å². The van der Waals surface area contributed by atoms with Gasteiger partial charge in [-0.25, -0.2) is 0 Å². The summed E-state index contributed by atoms with van der Waals surface area (Å²) in [7, 11) is 1.70. The molecule has 1 aliphatic heterocycles. The number of thiophene rings is 3. The van der Waals surface area contributed by atoms with E-state index in [1.54, 1.807) is 7.11 Å². The Hall–Kier alpha value is -2.58. The summed E-state index contributed by atoms with van der Waals surface area (Å²) in [6.07, 6.45) is 0.294. The van der Waals surface area contributed by atoms with Gasteiger partial charge in [-0.3, -0.25) is 0 Å². The molecular weight excluding hydrogens is 505 g/mol. The lowest BCUT2D eigenvalue weighted by atomic mass is 10.0. The number of aliphatic hydroxyl groups excluding tert-OH is 1. The van der Waals surface area contributed by atoms with Gasteiger partial charge >= 0.3 is 0 Å². The molecule has 0 aliphatic carbocycles. The Labute approximate surface area is 221 Å². The molecule has 180 valence electrons. The van der Waals surface area contributed by atoms with Crippen molar-refractivity contribution in [1.29, 1.82) is 0 Å². The van der Waals surface area contributed by atoms with E-state index in [-0.39, 0.29) is 24.9 Å². The maximum atomic E-state index is 9.82. The van der Waals surface area contributed by atoms with Crippen molar-refractivity contribution in [2.75, 3.05) is 13.7 Å². The first-order valence-corrected chi connectivity index (χ1v) is 14.6. The lowest BCUT2D eigenvalue weighted by Crippen LogP contribution is -2.26. The molecule has 0 radical (unpaired) electrons. The van der Waals surface area contributed by atoms with Crippen LogP contribution in [0.3, 0.4) is 0 Å². The van der Waals surface area contributed by atoms with E-state index in [1.165, 1.54) is 56.7 Å². The number of methoxy groups -OCH3 is 1. The summed E-state index contributed by atoms with van der Waals surface area (Å²) in [5.41, 5.74) is 0. The molecule has 6 heteroatoms. The van der Waals surface area contributed by atoms with Gasteiger partial charge in [-0.05, 0) is 16.2 Å². The largest absolute Gasteiger partial charge is 0.394 e. The van der Waals surface area contributed by atoms with Crippen LogP contribution in [0.2, 0.25) is 0 Å². The van der Waals surface area contributed by atoms with Crippen LogP contribution in [0.15, 0.2) is 78.2 Å². The third-order valence-corrected chi connectivity index (χ3v) is 11.0. The molecule has 36 heavy (non-hydrogen) atoms. The van der Waals surface area contributed by atoms with E-state index in [9.17, 15) is 5.11 Å².